The van der Waals surface area contributed by atoms with E-state index < -0.39 is 31.1 Å². The summed E-state index contributed by atoms with van der Waals surface area (Å²) in [5, 5.41) is 42.6. The van der Waals surface area contributed by atoms with Gasteiger partial charge in [0.05, 0.1) is 12.9 Å². The van der Waals surface area contributed by atoms with E-state index in [0.29, 0.717) is 29.1 Å². The molecular formula is C17H18BrN5O5. The number of fused-ring (bicyclic) bond motifs is 1. The molecule has 0 spiro atoms. The number of aromatic nitrogens is 4. The lowest BCUT2D eigenvalue weighted by Gasteiger charge is -2.16. The highest BCUT2D eigenvalue weighted by molar-refractivity contribution is 9.10. The van der Waals surface area contributed by atoms with Gasteiger partial charge in [-0.25, -0.2) is 15.0 Å². The quantitative estimate of drug-likeness (QED) is 0.374. The van der Waals surface area contributed by atoms with Gasteiger partial charge in [-0.2, -0.15) is 0 Å². The third-order valence-electron chi connectivity index (χ3n) is 4.64. The first kappa shape index (κ1) is 19.0. The number of benzene rings is 1. The van der Waals surface area contributed by atoms with Crippen LogP contribution >= 0.6 is 15.9 Å². The Labute approximate surface area is 167 Å². The molecule has 0 radical (unpaired) electrons. The molecule has 1 aliphatic rings. The average molecular weight is 452 g/mol. The SMILES string of the molecule is OC[C@H]1O[C@@H](n2cnc3c(NCc4cc(Br)ccc4O)ncnc32)[C@H](O)[C@@H]1O. The zero-order valence-corrected chi connectivity index (χ0v) is 16.1. The summed E-state index contributed by atoms with van der Waals surface area (Å²) < 4.78 is 7.86. The normalized spacial score (nSPS) is 24.7. The van der Waals surface area contributed by atoms with Gasteiger partial charge in [-0.1, -0.05) is 15.9 Å². The Morgan fingerprint density at radius 1 is 1.18 bits per heavy atom. The van der Waals surface area contributed by atoms with Gasteiger partial charge < -0.3 is 30.5 Å². The number of ether oxygens (including phenoxy) is 1. The van der Waals surface area contributed by atoms with Crippen molar-refractivity contribution in [1.29, 1.82) is 0 Å². The number of phenols is 1. The van der Waals surface area contributed by atoms with Crippen LogP contribution in [-0.2, 0) is 11.3 Å². The highest BCUT2D eigenvalue weighted by atomic mass is 79.9. The van der Waals surface area contributed by atoms with Gasteiger partial charge in [-0.3, -0.25) is 4.57 Å². The molecule has 0 bridgehead atoms. The van der Waals surface area contributed by atoms with Crippen LogP contribution in [0.4, 0.5) is 5.82 Å². The third-order valence-corrected chi connectivity index (χ3v) is 5.13. The highest BCUT2D eigenvalue weighted by Gasteiger charge is 2.44. The molecule has 1 fully saturated rings. The molecule has 2 aromatic heterocycles. The molecule has 4 rings (SSSR count). The number of phenolic OH excluding ortho intramolecular Hbond substituents is 1. The van der Waals surface area contributed by atoms with E-state index in [4.69, 9.17) is 4.74 Å². The Hall–Kier alpha value is -2.31. The van der Waals surface area contributed by atoms with E-state index in [9.17, 15) is 20.4 Å². The molecule has 28 heavy (non-hydrogen) atoms. The number of anilines is 1. The van der Waals surface area contributed by atoms with Crippen molar-refractivity contribution in [3.8, 4) is 5.75 Å². The van der Waals surface area contributed by atoms with Crippen LogP contribution in [0.3, 0.4) is 0 Å². The monoisotopic (exact) mass is 451 g/mol. The van der Waals surface area contributed by atoms with Crippen molar-refractivity contribution in [2.45, 2.75) is 31.1 Å². The van der Waals surface area contributed by atoms with E-state index in [0.717, 1.165) is 4.47 Å². The van der Waals surface area contributed by atoms with E-state index in [1.54, 1.807) is 18.2 Å². The summed E-state index contributed by atoms with van der Waals surface area (Å²) in [7, 11) is 0. The maximum atomic E-state index is 10.2. The third kappa shape index (κ3) is 3.31. The van der Waals surface area contributed by atoms with Gasteiger partial charge in [0.2, 0.25) is 0 Å². The fourth-order valence-electron chi connectivity index (χ4n) is 3.15. The highest BCUT2D eigenvalue weighted by Crippen LogP contribution is 2.32. The molecule has 3 heterocycles. The first-order chi connectivity index (χ1) is 13.5. The fourth-order valence-corrected chi connectivity index (χ4v) is 3.56. The summed E-state index contributed by atoms with van der Waals surface area (Å²) in [6, 6.07) is 5.12. The zero-order chi connectivity index (χ0) is 19.8. The minimum absolute atomic E-state index is 0.151. The van der Waals surface area contributed by atoms with Crippen LogP contribution in [0.15, 0.2) is 35.3 Å². The van der Waals surface area contributed by atoms with Crippen molar-refractivity contribution in [2.24, 2.45) is 0 Å². The molecule has 0 saturated carbocycles. The second-order valence-corrected chi connectivity index (χ2v) is 7.32. The Kier molecular flexibility index (Phi) is 5.17. The van der Waals surface area contributed by atoms with Crippen molar-refractivity contribution in [3.63, 3.8) is 0 Å². The largest absolute Gasteiger partial charge is 0.508 e. The summed E-state index contributed by atoms with van der Waals surface area (Å²) in [6.45, 7) is -0.114. The predicted molar refractivity (Wildman–Crippen MR) is 101 cm³/mol. The maximum absolute atomic E-state index is 10.2. The van der Waals surface area contributed by atoms with Crippen LogP contribution in [0.25, 0.3) is 11.2 Å². The smallest absolute Gasteiger partial charge is 0.167 e. The van der Waals surface area contributed by atoms with Crippen LogP contribution in [0.2, 0.25) is 0 Å². The molecule has 1 aromatic carbocycles. The average Bonchev–Trinajstić information content (AvgIpc) is 3.24. The number of aliphatic hydroxyl groups is 3. The topological polar surface area (TPSA) is 146 Å². The van der Waals surface area contributed by atoms with E-state index >= 15 is 0 Å². The number of halogens is 1. The lowest BCUT2D eigenvalue weighted by Crippen LogP contribution is -2.33. The van der Waals surface area contributed by atoms with Crippen molar-refractivity contribution in [3.05, 3.63) is 40.9 Å². The molecule has 0 amide bonds. The standard InChI is InChI=1S/C17H18BrN5O5/c18-9-1-2-10(25)8(3-9)4-19-15-12-16(21-6-20-15)23(7-22-12)17-14(27)13(26)11(5-24)28-17/h1-3,6-7,11,13-14,17,24-27H,4-5H2,(H,19,20,21)/t11-,13-,14-,17-/m1/s1. The van der Waals surface area contributed by atoms with Gasteiger partial charge in [-0.05, 0) is 18.2 Å². The molecule has 0 unspecified atom stereocenters. The van der Waals surface area contributed by atoms with Crippen molar-refractivity contribution < 1.29 is 25.2 Å². The predicted octanol–water partition coefficient (Wildman–Crippen LogP) is 0.518. The summed E-state index contributed by atoms with van der Waals surface area (Å²) in [4.78, 5) is 12.7. The second-order valence-electron chi connectivity index (χ2n) is 6.40. The Morgan fingerprint density at radius 2 is 2.00 bits per heavy atom. The van der Waals surface area contributed by atoms with E-state index in [2.05, 4.69) is 36.2 Å². The van der Waals surface area contributed by atoms with Crippen LogP contribution in [0, 0.1) is 0 Å². The van der Waals surface area contributed by atoms with Crippen LogP contribution in [0.5, 0.6) is 5.75 Å². The zero-order valence-electron chi connectivity index (χ0n) is 14.5. The molecule has 1 aliphatic heterocycles. The molecule has 11 heteroatoms. The van der Waals surface area contributed by atoms with Gasteiger partial charge in [0.1, 0.15) is 30.4 Å². The number of aromatic hydroxyl groups is 1. The molecule has 148 valence electrons. The van der Waals surface area contributed by atoms with Gasteiger partial charge in [0, 0.05) is 16.6 Å². The van der Waals surface area contributed by atoms with E-state index in [1.807, 2.05) is 0 Å². The Balaban J connectivity index is 1.61. The maximum Gasteiger partial charge on any atom is 0.167 e. The number of nitrogens with zero attached hydrogens (tertiary/aromatic N) is 4. The van der Waals surface area contributed by atoms with Crippen molar-refractivity contribution in [2.75, 3.05) is 11.9 Å². The molecule has 4 atom stereocenters. The Bertz CT molecular complexity index is 999. The molecule has 10 nitrogen and oxygen atoms in total. The molecule has 0 aliphatic carbocycles. The van der Waals surface area contributed by atoms with Crippen molar-refractivity contribution in [1.82, 2.24) is 19.5 Å². The number of rotatable bonds is 5. The first-order valence-corrected chi connectivity index (χ1v) is 9.30. The molecule has 3 aromatic rings. The van der Waals surface area contributed by atoms with Gasteiger partial charge in [0.15, 0.2) is 23.2 Å². The van der Waals surface area contributed by atoms with Gasteiger partial charge in [0.25, 0.3) is 0 Å². The number of nitrogens with one attached hydrogen (secondary N) is 1. The van der Waals surface area contributed by atoms with Crippen LogP contribution in [-0.4, -0.2) is 64.9 Å². The number of hydrogen-bond donors (Lipinski definition) is 5. The number of imidazole rings is 1. The molecular weight excluding hydrogens is 434 g/mol. The Morgan fingerprint density at radius 3 is 2.75 bits per heavy atom. The van der Waals surface area contributed by atoms with Crippen LogP contribution < -0.4 is 5.32 Å². The van der Waals surface area contributed by atoms with Gasteiger partial charge >= 0.3 is 0 Å². The van der Waals surface area contributed by atoms with Crippen LogP contribution in [0.1, 0.15) is 11.8 Å². The number of hydrogen-bond acceptors (Lipinski definition) is 9. The molecule has 5 N–H and O–H groups in total. The lowest BCUT2D eigenvalue weighted by atomic mass is 10.1. The summed E-state index contributed by atoms with van der Waals surface area (Å²) in [6.07, 6.45) is -1.51. The fraction of sp³-hybridized carbons (Fsp3) is 0.353. The molecule has 1 saturated heterocycles. The lowest BCUT2D eigenvalue weighted by molar-refractivity contribution is -0.0511. The van der Waals surface area contributed by atoms with E-state index in [1.165, 1.54) is 17.2 Å². The van der Waals surface area contributed by atoms with E-state index in [-0.39, 0.29) is 5.75 Å². The summed E-state index contributed by atoms with van der Waals surface area (Å²) >= 11 is 3.37. The minimum Gasteiger partial charge on any atom is -0.508 e. The van der Waals surface area contributed by atoms with Crippen molar-refractivity contribution >= 4 is 32.9 Å². The minimum atomic E-state index is -1.24. The summed E-state index contributed by atoms with van der Waals surface area (Å²) in [5.74, 6) is 0.591. The number of aliphatic hydroxyl groups excluding tert-OH is 3. The van der Waals surface area contributed by atoms with Gasteiger partial charge in [-0.15, -0.1) is 0 Å². The second kappa shape index (κ2) is 7.60. The summed E-state index contributed by atoms with van der Waals surface area (Å²) in [5.41, 5.74) is 1.50. The first-order valence-electron chi connectivity index (χ1n) is 8.51.